The fourth-order valence-electron chi connectivity index (χ4n) is 1.22. The Morgan fingerprint density at radius 1 is 1.64 bits per heavy atom. The van der Waals surface area contributed by atoms with Gasteiger partial charge in [0, 0.05) is 0 Å². The molecule has 0 aliphatic rings. The van der Waals surface area contributed by atoms with Crippen LogP contribution in [0.15, 0.2) is 12.1 Å². The maximum atomic E-state index is 11.4. The van der Waals surface area contributed by atoms with Crippen LogP contribution in [0.25, 0.3) is 0 Å². The number of phenols is 1. The molecule has 0 radical (unpaired) electrons. The first kappa shape index (κ1) is 10.7. The molecular formula is C10H8BrNO2. The Bertz CT molecular complexity index is 421. The second kappa shape index (κ2) is 4.25. The number of halogens is 1. The highest BCUT2D eigenvalue weighted by Crippen LogP contribution is 2.23. The van der Waals surface area contributed by atoms with Crippen molar-refractivity contribution in [3.8, 4) is 11.8 Å². The summed E-state index contributed by atoms with van der Waals surface area (Å²) in [5.74, 6) is -0.426. The molecule has 0 atom stereocenters. The van der Waals surface area contributed by atoms with E-state index in [2.05, 4.69) is 15.9 Å². The smallest absolute Gasteiger partial charge is 0.178 e. The molecule has 1 N–H and O–H groups in total. The summed E-state index contributed by atoms with van der Waals surface area (Å²) in [4.78, 5) is 11.4. The van der Waals surface area contributed by atoms with Crippen molar-refractivity contribution in [2.24, 2.45) is 0 Å². The van der Waals surface area contributed by atoms with E-state index in [0.717, 1.165) is 5.56 Å². The van der Waals surface area contributed by atoms with Gasteiger partial charge in [-0.3, -0.25) is 4.79 Å². The van der Waals surface area contributed by atoms with Gasteiger partial charge < -0.3 is 5.11 Å². The van der Waals surface area contributed by atoms with Gasteiger partial charge in [0.1, 0.15) is 11.8 Å². The van der Waals surface area contributed by atoms with E-state index < -0.39 is 0 Å². The number of hydrogen-bond acceptors (Lipinski definition) is 3. The van der Waals surface area contributed by atoms with Crippen LogP contribution < -0.4 is 0 Å². The lowest BCUT2D eigenvalue weighted by atomic mass is 10.0. The first-order chi connectivity index (χ1) is 6.60. The average molecular weight is 254 g/mol. The lowest BCUT2D eigenvalue weighted by Gasteiger charge is -2.05. The van der Waals surface area contributed by atoms with Crippen molar-refractivity contribution < 1.29 is 9.90 Å². The number of carbonyl (C=O) groups excluding carboxylic acids is 1. The van der Waals surface area contributed by atoms with Crippen LogP contribution in [0.3, 0.4) is 0 Å². The van der Waals surface area contributed by atoms with Gasteiger partial charge in [0.15, 0.2) is 5.78 Å². The largest absolute Gasteiger partial charge is 0.507 e. The van der Waals surface area contributed by atoms with Crippen LogP contribution >= 0.6 is 15.9 Å². The third-order valence-corrected chi connectivity index (χ3v) is 2.29. The number of Topliss-reactive ketones (excluding diaryl/α,β-unsaturated/α-hetero) is 1. The number of benzene rings is 1. The predicted molar refractivity (Wildman–Crippen MR) is 55.7 cm³/mol. The number of rotatable bonds is 2. The second-order valence-corrected chi connectivity index (χ2v) is 3.44. The van der Waals surface area contributed by atoms with Crippen molar-refractivity contribution in [1.29, 1.82) is 5.26 Å². The maximum Gasteiger partial charge on any atom is 0.178 e. The molecule has 0 saturated heterocycles. The van der Waals surface area contributed by atoms with Gasteiger partial charge in [0.25, 0.3) is 0 Å². The van der Waals surface area contributed by atoms with Gasteiger partial charge in [-0.05, 0) is 24.6 Å². The van der Waals surface area contributed by atoms with Crippen LogP contribution in [0.4, 0.5) is 0 Å². The minimum Gasteiger partial charge on any atom is -0.507 e. The fourth-order valence-corrected chi connectivity index (χ4v) is 1.50. The van der Waals surface area contributed by atoms with E-state index in [1.54, 1.807) is 13.0 Å². The molecule has 0 unspecified atom stereocenters. The number of aryl methyl sites for hydroxylation is 1. The second-order valence-electron chi connectivity index (χ2n) is 2.88. The fraction of sp³-hybridized carbons (Fsp3) is 0.200. The quantitative estimate of drug-likeness (QED) is 0.649. The molecule has 4 heteroatoms. The summed E-state index contributed by atoms with van der Waals surface area (Å²) in [5.41, 5.74) is 1.06. The number of carbonyl (C=O) groups is 1. The van der Waals surface area contributed by atoms with Gasteiger partial charge in [-0.25, -0.2) is 0 Å². The van der Waals surface area contributed by atoms with E-state index in [-0.39, 0.29) is 28.0 Å². The third-order valence-electron chi connectivity index (χ3n) is 1.78. The van der Waals surface area contributed by atoms with E-state index in [1.807, 2.05) is 6.07 Å². The van der Waals surface area contributed by atoms with Gasteiger partial charge in [-0.1, -0.05) is 15.9 Å². The molecule has 1 rings (SSSR count). The van der Waals surface area contributed by atoms with E-state index >= 15 is 0 Å². The zero-order valence-corrected chi connectivity index (χ0v) is 9.13. The minimum absolute atomic E-state index is 0.0926. The zero-order valence-electron chi connectivity index (χ0n) is 7.54. The molecule has 14 heavy (non-hydrogen) atoms. The van der Waals surface area contributed by atoms with Crippen molar-refractivity contribution in [3.63, 3.8) is 0 Å². The summed E-state index contributed by atoms with van der Waals surface area (Å²) < 4.78 is 0. The van der Waals surface area contributed by atoms with Crippen LogP contribution in [0, 0.1) is 18.3 Å². The van der Waals surface area contributed by atoms with Crippen LogP contribution in [0.2, 0.25) is 0 Å². The SMILES string of the molecule is Cc1cc(O)c(C(=O)CBr)c(C#N)c1. The molecule has 3 nitrogen and oxygen atoms in total. The Morgan fingerprint density at radius 2 is 2.29 bits per heavy atom. The molecule has 0 saturated carbocycles. The summed E-state index contributed by atoms with van der Waals surface area (Å²) in [6, 6.07) is 4.94. The molecule has 0 aliphatic carbocycles. The van der Waals surface area contributed by atoms with Crippen LogP contribution in [-0.2, 0) is 0 Å². The molecule has 0 heterocycles. The van der Waals surface area contributed by atoms with Crippen LogP contribution in [-0.4, -0.2) is 16.2 Å². The molecule has 72 valence electrons. The molecule has 1 aromatic rings. The molecule has 0 spiro atoms. The number of nitriles is 1. The van der Waals surface area contributed by atoms with Gasteiger partial charge in [-0.15, -0.1) is 0 Å². The summed E-state index contributed by atoms with van der Waals surface area (Å²) in [6.45, 7) is 1.75. The number of hydrogen-bond donors (Lipinski definition) is 1. The number of aromatic hydroxyl groups is 1. The van der Waals surface area contributed by atoms with Crippen molar-refractivity contribution in [2.75, 3.05) is 5.33 Å². The minimum atomic E-state index is -0.293. The summed E-state index contributed by atoms with van der Waals surface area (Å²) in [5, 5.41) is 18.4. The van der Waals surface area contributed by atoms with Crippen LogP contribution in [0.1, 0.15) is 21.5 Å². The molecule has 0 amide bonds. The standard InChI is InChI=1S/C10H8BrNO2/c1-6-2-7(5-12)10(8(13)3-6)9(14)4-11/h2-3,13H,4H2,1H3. The van der Waals surface area contributed by atoms with Crippen molar-refractivity contribution in [2.45, 2.75) is 6.92 Å². The first-order valence-electron chi connectivity index (χ1n) is 3.93. The molecule has 1 aromatic carbocycles. The van der Waals surface area contributed by atoms with E-state index in [0.29, 0.717) is 0 Å². The summed E-state index contributed by atoms with van der Waals surface area (Å²) >= 11 is 3.00. The van der Waals surface area contributed by atoms with Gasteiger partial charge in [0.2, 0.25) is 0 Å². The number of nitrogens with zero attached hydrogens (tertiary/aromatic N) is 1. The van der Waals surface area contributed by atoms with Crippen LogP contribution in [0.5, 0.6) is 5.75 Å². The number of ketones is 1. The normalized spacial score (nSPS) is 9.50. The number of alkyl halides is 1. The Kier molecular flexibility index (Phi) is 3.26. The highest BCUT2D eigenvalue weighted by atomic mass is 79.9. The highest BCUT2D eigenvalue weighted by molar-refractivity contribution is 9.09. The Morgan fingerprint density at radius 3 is 2.79 bits per heavy atom. The monoisotopic (exact) mass is 253 g/mol. The summed E-state index contributed by atoms with van der Waals surface area (Å²) in [7, 11) is 0. The Hall–Kier alpha value is -1.34. The van der Waals surface area contributed by atoms with Crippen molar-refractivity contribution in [3.05, 3.63) is 28.8 Å². The topological polar surface area (TPSA) is 61.1 Å². The molecule has 0 aliphatic heterocycles. The molecule has 0 fully saturated rings. The maximum absolute atomic E-state index is 11.4. The Balaban J connectivity index is 3.42. The van der Waals surface area contributed by atoms with Gasteiger partial charge in [0.05, 0.1) is 16.5 Å². The molecular weight excluding hydrogens is 246 g/mol. The lowest BCUT2D eigenvalue weighted by Crippen LogP contribution is -2.04. The van der Waals surface area contributed by atoms with Crippen molar-refractivity contribution in [1.82, 2.24) is 0 Å². The summed E-state index contributed by atoms with van der Waals surface area (Å²) in [6.07, 6.45) is 0. The van der Waals surface area contributed by atoms with Crippen molar-refractivity contribution >= 4 is 21.7 Å². The number of phenolic OH excluding ortho intramolecular Hbond substituents is 1. The third kappa shape index (κ3) is 1.94. The zero-order chi connectivity index (χ0) is 10.7. The van der Waals surface area contributed by atoms with E-state index in [1.165, 1.54) is 6.07 Å². The van der Waals surface area contributed by atoms with Gasteiger partial charge in [-0.2, -0.15) is 5.26 Å². The molecule has 0 bridgehead atoms. The first-order valence-corrected chi connectivity index (χ1v) is 5.05. The van der Waals surface area contributed by atoms with E-state index in [9.17, 15) is 9.90 Å². The van der Waals surface area contributed by atoms with E-state index in [4.69, 9.17) is 5.26 Å². The predicted octanol–water partition coefficient (Wildman–Crippen LogP) is 2.15. The highest BCUT2D eigenvalue weighted by Gasteiger charge is 2.15. The van der Waals surface area contributed by atoms with Gasteiger partial charge >= 0.3 is 0 Å². The lowest BCUT2D eigenvalue weighted by molar-refractivity contribution is 0.102. The molecule has 0 aromatic heterocycles. The Labute approximate surface area is 90.1 Å². The average Bonchev–Trinajstić information content (AvgIpc) is 2.15.